The molecule has 1 saturated heterocycles. The standard InChI is InChI=1S/C21H25NO6S/c1-14-9-19(15(2)22(14)18-7-8-29(25,26)13-18)20(23)12-28-21(24)17-6-4-5-16(10-17)11-27-3/h4-6,9-10,18H,7-8,11-13H2,1-3H3/t18-/m1/s1. The Labute approximate surface area is 170 Å². The molecular weight excluding hydrogens is 394 g/mol. The van der Waals surface area contributed by atoms with Crippen LogP contribution in [0.4, 0.5) is 0 Å². The Bertz CT molecular complexity index is 1040. The van der Waals surface area contributed by atoms with E-state index in [0.29, 0.717) is 29.8 Å². The van der Waals surface area contributed by atoms with Gasteiger partial charge in [0.15, 0.2) is 16.4 Å². The molecule has 0 amide bonds. The van der Waals surface area contributed by atoms with Gasteiger partial charge in [0, 0.05) is 30.1 Å². The molecule has 0 bridgehead atoms. The Hall–Kier alpha value is -2.45. The lowest BCUT2D eigenvalue weighted by atomic mass is 10.1. The molecule has 2 aromatic rings. The second kappa shape index (κ2) is 8.51. The summed E-state index contributed by atoms with van der Waals surface area (Å²) in [5.41, 5.74) is 3.17. The summed E-state index contributed by atoms with van der Waals surface area (Å²) >= 11 is 0. The Morgan fingerprint density at radius 3 is 2.62 bits per heavy atom. The van der Waals surface area contributed by atoms with Crippen molar-refractivity contribution in [1.82, 2.24) is 4.57 Å². The summed E-state index contributed by atoms with van der Waals surface area (Å²) in [4.78, 5) is 24.9. The molecule has 1 aromatic carbocycles. The average molecular weight is 419 g/mol. The highest BCUT2D eigenvalue weighted by molar-refractivity contribution is 7.91. The number of rotatable bonds is 7. The van der Waals surface area contributed by atoms with Gasteiger partial charge in [-0.25, -0.2) is 13.2 Å². The fourth-order valence-corrected chi connectivity index (χ4v) is 5.55. The quantitative estimate of drug-likeness (QED) is 0.506. The number of carbonyl (C=O) groups excluding carboxylic acids is 2. The molecule has 8 heteroatoms. The zero-order valence-corrected chi connectivity index (χ0v) is 17.6. The molecule has 7 nitrogen and oxygen atoms in total. The van der Waals surface area contributed by atoms with Gasteiger partial charge in [-0.2, -0.15) is 0 Å². The first-order valence-corrected chi connectivity index (χ1v) is 11.2. The number of aryl methyl sites for hydroxylation is 1. The summed E-state index contributed by atoms with van der Waals surface area (Å²) in [6.45, 7) is 3.65. The maximum atomic E-state index is 12.6. The molecule has 1 aliphatic heterocycles. The fourth-order valence-electron chi connectivity index (χ4n) is 3.85. The smallest absolute Gasteiger partial charge is 0.338 e. The van der Waals surface area contributed by atoms with Crippen molar-refractivity contribution in [3.05, 3.63) is 58.4 Å². The first kappa shape index (κ1) is 21.3. The van der Waals surface area contributed by atoms with Crippen LogP contribution in [0.5, 0.6) is 0 Å². The molecule has 0 radical (unpaired) electrons. The number of aromatic nitrogens is 1. The average Bonchev–Trinajstić information content (AvgIpc) is 3.18. The Kier molecular flexibility index (Phi) is 6.24. The second-order valence-electron chi connectivity index (χ2n) is 7.34. The Morgan fingerprint density at radius 1 is 1.21 bits per heavy atom. The third kappa shape index (κ3) is 4.76. The molecule has 156 valence electrons. The van der Waals surface area contributed by atoms with Crippen LogP contribution in [-0.2, 0) is 25.9 Å². The highest BCUT2D eigenvalue weighted by Crippen LogP contribution is 2.29. The number of hydrogen-bond donors (Lipinski definition) is 0. The SMILES string of the molecule is COCc1cccc(C(=O)OCC(=O)c2cc(C)n([C@@H]3CCS(=O)(=O)C3)c2C)c1. The van der Waals surface area contributed by atoms with Crippen molar-refractivity contribution in [2.75, 3.05) is 25.2 Å². The van der Waals surface area contributed by atoms with Crippen LogP contribution in [0.15, 0.2) is 30.3 Å². The van der Waals surface area contributed by atoms with E-state index in [-0.39, 0.29) is 29.9 Å². The van der Waals surface area contributed by atoms with Gasteiger partial charge in [-0.3, -0.25) is 4.79 Å². The lowest BCUT2D eigenvalue weighted by molar-refractivity contribution is 0.0474. The van der Waals surface area contributed by atoms with Gasteiger partial charge in [0.1, 0.15) is 0 Å². The first-order valence-electron chi connectivity index (χ1n) is 9.39. The van der Waals surface area contributed by atoms with E-state index in [1.54, 1.807) is 38.3 Å². The number of sulfone groups is 1. The predicted molar refractivity (Wildman–Crippen MR) is 108 cm³/mol. The molecule has 1 atom stereocenters. The molecule has 0 unspecified atom stereocenters. The van der Waals surface area contributed by atoms with Gasteiger partial charge in [-0.05, 0) is 44.0 Å². The van der Waals surface area contributed by atoms with Crippen molar-refractivity contribution in [3.63, 3.8) is 0 Å². The largest absolute Gasteiger partial charge is 0.454 e. The van der Waals surface area contributed by atoms with E-state index in [4.69, 9.17) is 9.47 Å². The van der Waals surface area contributed by atoms with Crippen LogP contribution >= 0.6 is 0 Å². The summed E-state index contributed by atoms with van der Waals surface area (Å²) in [6.07, 6.45) is 0.541. The van der Waals surface area contributed by atoms with Crippen LogP contribution in [0.25, 0.3) is 0 Å². The van der Waals surface area contributed by atoms with Crippen LogP contribution in [-0.4, -0.2) is 50.0 Å². The first-order chi connectivity index (χ1) is 13.7. The van der Waals surface area contributed by atoms with Gasteiger partial charge >= 0.3 is 5.97 Å². The predicted octanol–water partition coefficient (Wildman–Crippen LogP) is 2.65. The maximum absolute atomic E-state index is 12.6. The number of benzene rings is 1. The van der Waals surface area contributed by atoms with E-state index in [2.05, 4.69) is 0 Å². The molecule has 1 aliphatic rings. The van der Waals surface area contributed by atoms with E-state index < -0.39 is 15.8 Å². The number of ketones is 1. The van der Waals surface area contributed by atoms with Crippen LogP contribution in [0.3, 0.4) is 0 Å². The lowest BCUT2D eigenvalue weighted by Gasteiger charge is -2.16. The van der Waals surface area contributed by atoms with Gasteiger partial charge in [0.2, 0.25) is 5.78 Å². The van der Waals surface area contributed by atoms with Crippen LogP contribution in [0.2, 0.25) is 0 Å². The molecule has 0 spiro atoms. The number of methoxy groups -OCH3 is 1. The van der Waals surface area contributed by atoms with Gasteiger partial charge in [0.05, 0.1) is 23.7 Å². The number of ether oxygens (including phenoxy) is 2. The van der Waals surface area contributed by atoms with Crippen molar-refractivity contribution < 1.29 is 27.5 Å². The number of nitrogens with zero attached hydrogens (tertiary/aromatic N) is 1. The minimum absolute atomic E-state index is 0.0871. The number of esters is 1. The minimum Gasteiger partial charge on any atom is -0.454 e. The maximum Gasteiger partial charge on any atom is 0.338 e. The van der Waals surface area contributed by atoms with E-state index in [0.717, 1.165) is 11.3 Å². The number of Topliss-reactive ketones (excluding diaryl/α,β-unsaturated/α-hetero) is 1. The van der Waals surface area contributed by atoms with Crippen molar-refractivity contribution in [3.8, 4) is 0 Å². The summed E-state index contributed by atoms with van der Waals surface area (Å²) in [5.74, 6) is -0.639. The summed E-state index contributed by atoms with van der Waals surface area (Å²) < 4.78 is 35.8. The van der Waals surface area contributed by atoms with Crippen LogP contribution in [0.1, 0.15) is 50.1 Å². The minimum atomic E-state index is -3.03. The van der Waals surface area contributed by atoms with Crippen LogP contribution in [0, 0.1) is 13.8 Å². The molecule has 3 rings (SSSR count). The van der Waals surface area contributed by atoms with Crippen molar-refractivity contribution in [2.24, 2.45) is 0 Å². The highest BCUT2D eigenvalue weighted by atomic mass is 32.2. The molecule has 0 aliphatic carbocycles. The van der Waals surface area contributed by atoms with E-state index >= 15 is 0 Å². The van der Waals surface area contributed by atoms with Gasteiger partial charge in [-0.15, -0.1) is 0 Å². The Balaban J connectivity index is 1.69. The number of carbonyl (C=O) groups is 2. The van der Waals surface area contributed by atoms with Crippen molar-refractivity contribution in [2.45, 2.75) is 32.9 Å². The molecule has 1 fully saturated rings. The molecule has 1 aromatic heterocycles. The highest BCUT2D eigenvalue weighted by Gasteiger charge is 2.31. The Morgan fingerprint density at radius 2 is 1.97 bits per heavy atom. The van der Waals surface area contributed by atoms with Crippen molar-refractivity contribution in [1.29, 1.82) is 0 Å². The van der Waals surface area contributed by atoms with Gasteiger partial charge in [-0.1, -0.05) is 12.1 Å². The molecule has 2 heterocycles. The van der Waals surface area contributed by atoms with E-state index in [1.807, 2.05) is 17.6 Å². The second-order valence-corrected chi connectivity index (χ2v) is 9.57. The lowest BCUT2D eigenvalue weighted by Crippen LogP contribution is -2.17. The van der Waals surface area contributed by atoms with Gasteiger partial charge in [0.25, 0.3) is 0 Å². The molecule has 29 heavy (non-hydrogen) atoms. The topological polar surface area (TPSA) is 91.7 Å². The summed E-state index contributed by atoms with van der Waals surface area (Å²) in [7, 11) is -1.46. The van der Waals surface area contributed by atoms with E-state index in [9.17, 15) is 18.0 Å². The molecule has 0 saturated carbocycles. The zero-order chi connectivity index (χ0) is 21.2. The number of hydrogen-bond acceptors (Lipinski definition) is 6. The third-order valence-corrected chi connectivity index (χ3v) is 6.92. The van der Waals surface area contributed by atoms with Crippen LogP contribution < -0.4 is 0 Å². The van der Waals surface area contributed by atoms with Gasteiger partial charge < -0.3 is 14.0 Å². The monoisotopic (exact) mass is 419 g/mol. The fraction of sp³-hybridized carbons (Fsp3) is 0.429. The molecular formula is C21H25NO6S. The summed E-state index contributed by atoms with van der Waals surface area (Å²) in [6, 6.07) is 8.43. The zero-order valence-electron chi connectivity index (χ0n) is 16.8. The van der Waals surface area contributed by atoms with E-state index in [1.165, 1.54) is 0 Å². The third-order valence-electron chi connectivity index (χ3n) is 5.17. The summed E-state index contributed by atoms with van der Waals surface area (Å²) in [5, 5.41) is 0. The normalized spacial score (nSPS) is 18.0. The molecule has 0 N–H and O–H groups in total. The van der Waals surface area contributed by atoms with Crippen molar-refractivity contribution >= 4 is 21.6 Å².